The molecule has 5 amide bonds. The fourth-order valence-electron chi connectivity index (χ4n) is 9.18. The number of rotatable bonds is 18. The number of alkyl halides is 2. The van der Waals surface area contributed by atoms with Gasteiger partial charge in [-0.15, -0.1) is 42.2 Å². The minimum atomic E-state index is -1.34. The fourth-order valence-corrected chi connectivity index (χ4v) is 10.5. The molecule has 1 saturated heterocycles. The molecule has 1 aliphatic rings. The number of esters is 3. The number of carbonyl (C=O) groups is 6. The molecule has 600 valence electrons. The summed E-state index contributed by atoms with van der Waals surface area (Å²) >= 11 is 43.8. The van der Waals surface area contributed by atoms with Crippen LogP contribution in [0.25, 0.3) is 0 Å². The maximum Gasteiger partial charge on any atom is 1.00 e. The molecule has 3 aromatic heterocycles. The number of nitrogens with one attached hydrogen (secondary N) is 3. The molecule has 0 radical (unpaired) electrons. The molecule has 112 heavy (non-hydrogen) atoms. The molecule has 0 bridgehead atoms. The van der Waals surface area contributed by atoms with Crippen LogP contribution in [0, 0.1) is 34.0 Å². The number of amides is 5. The average Bonchev–Trinajstić information content (AvgIpc) is 1.61. The zero-order valence-electron chi connectivity index (χ0n) is 63.8. The number of hydrogen-bond donors (Lipinski definition) is 7. The van der Waals surface area contributed by atoms with Gasteiger partial charge in [-0.2, -0.15) is 20.8 Å². The fraction of sp³-hybridized carbons (Fsp3) is 0.347. The summed E-state index contributed by atoms with van der Waals surface area (Å²) in [5.74, 6) is -1.80. The number of carbonyl (C=O) groups excluding carboxylic acids is 7. The van der Waals surface area contributed by atoms with Gasteiger partial charge >= 0.3 is 59.5 Å². The molecular formula is C75H88Cl9N14NaO13. The standard InChI is InChI=1S/C18H16Cl2N4O3.C16H13Cl2N3O3.2C12H14N2O2.C6H2Cl2N2O.C6H15N.C2H6O.C2H5O.CH2Cl2.ClH.Na/c1-18(16(25)27-2,9-11-3-5-12(10-21)6-4-11)24-17(26)22-13-7-14(19)23-15(20)8-13;1-16(8-9-2-4-11(22)5-3-9)14(23)21(15(24)20-16)10-6-12(17)19-13(18)7-10;2*1-12(14,11(15)16-2)7-9-3-5-10(8-13)6-4-9;7-5-1-4(9-3-11)2-6(8)10-5;1-4-7(5-2)6-3;2*1-2-3;2-1-3;;/h3-8H,9H2,1-2H3,(H2,22,23,24,26);2-7,22H,8H2,1H3,(H,20,24);2*3-6H,7,14H2,1-2H3;1-2H;4-6H2,1-3H3;3H,2H2,1H3;2H2,1H3;1H2;1H;/q;;;;;;;-1;;;+1. The van der Waals surface area contributed by atoms with E-state index in [9.17, 15) is 38.7 Å². The van der Waals surface area contributed by atoms with E-state index < -0.39 is 58.0 Å². The van der Waals surface area contributed by atoms with Gasteiger partial charge < -0.3 is 61.8 Å². The van der Waals surface area contributed by atoms with Crippen molar-refractivity contribution < 1.29 is 92.6 Å². The number of phenols is 1. The van der Waals surface area contributed by atoms with E-state index in [2.05, 4.69) is 71.0 Å². The van der Waals surface area contributed by atoms with E-state index in [-0.39, 0.29) is 116 Å². The number of ether oxygens (including phenoxy) is 3. The van der Waals surface area contributed by atoms with Gasteiger partial charge in [0.15, 0.2) is 0 Å². The van der Waals surface area contributed by atoms with Crippen molar-refractivity contribution in [3.8, 4) is 24.0 Å². The van der Waals surface area contributed by atoms with Crippen LogP contribution in [0.5, 0.6) is 5.75 Å². The zero-order valence-corrected chi connectivity index (χ0v) is 72.6. The van der Waals surface area contributed by atoms with E-state index >= 15 is 0 Å². The summed E-state index contributed by atoms with van der Waals surface area (Å²) in [5, 5.41) is 60.9. The number of pyridine rings is 3. The first kappa shape index (κ1) is 108. The third-order valence-corrected chi connectivity index (χ3v) is 15.5. The topological polar surface area (TPSA) is 428 Å². The first-order valence-corrected chi connectivity index (χ1v) is 36.1. The Labute approximate surface area is 720 Å². The molecule has 8 rings (SSSR count). The van der Waals surface area contributed by atoms with E-state index in [0.29, 0.717) is 40.9 Å². The van der Waals surface area contributed by atoms with Crippen molar-refractivity contribution in [2.24, 2.45) is 16.5 Å². The number of isocyanates is 1. The Hall–Kier alpha value is -7.99. The first-order valence-electron chi connectivity index (χ1n) is 32.8. The number of hydrogen-bond acceptors (Lipinski definition) is 23. The van der Waals surface area contributed by atoms with E-state index in [0.717, 1.165) is 27.2 Å². The molecule has 0 saturated carbocycles. The van der Waals surface area contributed by atoms with E-state index in [4.69, 9.17) is 135 Å². The molecule has 1 aliphatic heterocycles. The van der Waals surface area contributed by atoms with Crippen LogP contribution in [-0.2, 0) is 63.9 Å². The van der Waals surface area contributed by atoms with Crippen LogP contribution in [0.1, 0.15) is 101 Å². The summed E-state index contributed by atoms with van der Waals surface area (Å²) in [6, 6.07) is 40.4. The molecule has 4 aromatic carbocycles. The molecule has 4 atom stereocenters. The molecule has 37 heteroatoms. The van der Waals surface area contributed by atoms with Crippen molar-refractivity contribution in [1.82, 2.24) is 30.5 Å². The van der Waals surface area contributed by atoms with Crippen molar-refractivity contribution in [2.45, 2.75) is 110 Å². The summed E-state index contributed by atoms with van der Waals surface area (Å²) in [4.78, 5) is 100. The largest absolute Gasteiger partial charge is 1.00 e. The van der Waals surface area contributed by atoms with E-state index in [1.54, 1.807) is 126 Å². The molecule has 1 fully saturated rings. The minimum Gasteiger partial charge on any atom is -0.855 e. The third kappa shape index (κ3) is 41.2. The number of nitriles is 3. The van der Waals surface area contributed by atoms with Crippen LogP contribution in [0.3, 0.4) is 0 Å². The summed E-state index contributed by atoms with van der Waals surface area (Å²) in [6.45, 7) is 20.1. The van der Waals surface area contributed by atoms with Gasteiger partial charge in [0, 0.05) is 50.1 Å². The zero-order chi connectivity index (χ0) is 84.0. The molecule has 7 aromatic rings. The summed E-state index contributed by atoms with van der Waals surface area (Å²) < 4.78 is 14.1. The second-order valence-electron chi connectivity index (χ2n) is 23.4. The van der Waals surface area contributed by atoms with Gasteiger partial charge in [0.05, 0.1) is 72.9 Å². The first-order chi connectivity index (χ1) is 51.8. The number of aliphatic imine (C=N–C) groups is 1. The number of methoxy groups -OCH3 is 3. The second-order valence-corrected chi connectivity index (χ2v) is 26.5. The Kier molecular flexibility index (Phi) is 55.2. The van der Waals surface area contributed by atoms with Crippen LogP contribution in [0.2, 0.25) is 30.9 Å². The number of nitrogens with two attached hydrogens (primary N) is 2. The molecular weight excluding hydrogens is 1650 g/mol. The molecule has 0 aliphatic carbocycles. The van der Waals surface area contributed by atoms with Crippen molar-refractivity contribution in [1.29, 1.82) is 15.8 Å². The number of phenolic OH excluding ortho intramolecular Hbond substituents is 1. The average molecular weight is 1740 g/mol. The number of benzene rings is 4. The minimum absolute atomic E-state index is 0. The van der Waals surface area contributed by atoms with Gasteiger partial charge in [0.25, 0.3) is 5.91 Å². The number of aromatic hydroxyl groups is 1. The van der Waals surface area contributed by atoms with Crippen molar-refractivity contribution in [2.75, 3.05) is 69.7 Å². The number of nitrogens with zero attached hydrogens (tertiary/aromatic N) is 9. The molecule has 0 spiro atoms. The van der Waals surface area contributed by atoms with Crippen molar-refractivity contribution >= 4 is 164 Å². The number of imide groups is 1. The summed E-state index contributed by atoms with van der Waals surface area (Å²) in [5.41, 5.74) is 13.1. The van der Waals surface area contributed by atoms with Crippen LogP contribution >= 0.6 is 105 Å². The number of halogens is 9. The van der Waals surface area contributed by atoms with Gasteiger partial charge in [-0.25, -0.2) is 39.0 Å². The number of aliphatic hydroxyl groups is 1. The maximum absolute atomic E-state index is 12.8. The van der Waals surface area contributed by atoms with Gasteiger partial charge in [-0.05, 0) is 149 Å². The number of aromatic nitrogens is 3. The molecule has 27 nitrogen and oxygen atoms in total. The Morgan fingerprint density at radius 2 is 0.938 bits per heavy atom. The van der Waals surface area contributed by atoms with Crippen molar-refractivity contribution in [3.63, 3.8) is 0 Å². The quantitative estimate of drug-likeness (QED) is 0.00613. The van der Waals surface area contributed by atoms with Gasteiger partial charge in [0.1, 0.15) is 58.8 Å². The molecule has 4 unspecified atom stereocenters. The third-order valence-electron chi connectivity index (χ3n) is 14.3. The maximum atomic E-state index is 12.8. The SMILES string of the molecule is CC1(Cc2ccc(O)cc2)NC(=O)N(c2cc(Cl)nc(Cl)c2)C1=O.CCN(CC)CC.CCO.CC[O-].COC(=O)C(C)(Cc1ccc(C#N)cc1)NC(=O)Nc1cc(Cl)nc(Cl)c1.COC(=O)C(C)(N)Cc1ccc(C#N)cc1.COC(=O)C(C)(N)Cc1ccc(C#N)cc1.Cl.ClCCl.O=C=Nc1cc(Cl)nc(Cl)c1.[Na+]. The van der Waals surface area contributed by atoms with Crippen LogP contribution in [0.15, 0.2) is 138 Å². The number of aliphatic hydroxyl groups excluding tert-OH is 1. The molecule has 9 N–H and O–H groups in total. The predicted molar refractivity (Wildman–Crippen MR) is 434 cm³/mol. The molecule has 4 heterocycles. The Morgan fingerprint density at radius 3 is 1.25 bits per heavy atom. The van der Waals surface area contributed by atoms with Gasteiger partial charge in [0.2, 0.25) is 6.08 Å². The summed E-state index contributed by atoms with van der Waals surface area (Å²) in [6.07, 6.45) is 2.57. The van der Waals surface area contributed by atoms with Crippen LogP contribution in [0.4, 0.5) is 26.7 Å². The van der Waals surface area contributed by atoms with E-state index in [1.165, 1.54) is 95.6 Å². The Bertz CT molecular complexity index is 4100. The van der Waals surface area contributed by atoms with Gasteiger partial charge in [-0.3, -0.25) is 14.4 Å². The van der Waals surface area contributed by atoms with Crippen LogP contribution in [-0.4, -0.2) is 154 Å². The van der Waals surface area contributed by atoms with E-state index in [1.807, 2.05) is 18.2 Å². The predicted octanol–water partition coefficient (Wildman–Crippen LogP) is 10.6. The monoisotopic (exact) mass is 1730 g/mol. The van der Waals surface area contributed by atoms with Crippen LogP contribution < -0.4 is 67.0 Å². The Morgan fingerprint density at radius 1 is 0.616 bits per heavy atom. The number of urea groups is 2. The van der Waals surface area contributed by atoms with Gasteiger partial charge in [-0.1, -0.05) is 146 Å². The Balaban J connectivity index is -0.00000129. The smallest absolute Gasteiger partial charge is 0.855 e. The summed E-state index contributed by atoms with van der Waals surface area (Å²) in [7, 11) is 3.86. The van der Waals surface area contributed by atoms with Crippen molar-refractivity contribution in [3.05, 3.63) is 203 Å². The number of anilines is 2. The second kappa shape index (κ2) is 57.1. The normalized spacial score (nSPS) is 13.2.